The smallest absolute Gasteiger partial charge is 0.309 e. The number of nitrogens with one attached hydrogen (secondary N) is 5. The Kier molecular flexibility index (Phi) is 7.39. The van der Waals surface area contributed by atoms with Crippen LogP contribution in [0.15, 0.2) is 46.8 Å². The van der Waals surface area contributed by atoms with Crippen LogP contribution in [0.5, 0.6) is 0 Å². The lowest BCUT2D eigenvalue weighted by Gasteiger charge is -2.19. The first-order valence-corrected chi connectivity index (χ1v) is 11.7. The van der Waals surface area contributed by atoms with Crippen molar-refractivity contribution in [2.24, 2.45) is 0 Å². The van der Waals surface area contributed by atoms with Crippen molar-refractivity contribution in [2.45, 2.75) is 45.2 Å². The number of carbonyl (C=O) groups excluding carboxylic acids is 1. The number of allylic oxidation sites excluding steroid dienone is 1. The van der Waals surface area contributed by atoms with Crippen molar-refractivity contribution >= 4 is 18.1 Å². The standard InChI is InChI=1S/C25H31N9O2/c1-25(2,3)23-34-33-22(36-23)21(35)31-20-7-9-28-13-16-11-15(5-6-18(16)20)19-8-10-29-24(32-19)30-17(12-26)14-27-4/h5-6,8,10-12,14,20,26-28H,7,9,13H2,1-4H3,(H,31,35)(H,29,30,32)/b17-14+,26-12?. The fraction of sp³-hybridized carbons (Fsp3) is 0.360. The highest BCUT2D eigenvalue weighted by Gasteiger charge is 2.27. The lowest BCUT2D eigenvalue weighted by molar-refractivity contribution is 0.0896. The molecule has 36 heavy (non-hydrogen) atoms. The second-order valence-electron chi connectivity index (χ2n) is 9.49. The molecule has 3 aromatic rings. The van der Waals surface area contributed by atoms with E-state index in [4.69, 9.17) is 9.83 Å². The van der Waals surface area contributed by atoms with E-state index in [2.05, 4.69) is 47.5 Å². The molecule has 0 fully saturated rings. The van der Waals surface area contributed by atoms with Gasteiger partial charge in [0.05, 0.1) is 17.4 Å². The number of hydrogen-bond acceptors (Lipinski definition) is 10. The lowest BCUT2D eigenvalue weighted by Crippen LogP contribution is -2.30. The number of amides is 1. The van der Waals surface area contributed by atoms with E-state index in [9.17, 15) is 4.79 Å². The molecule has 188 valence electrons. The number of fused-ring (bicyclic) bond motifs is 1. The van der Waals surface area contributed by atoms with E-state index in [-0.39, 0.29) is 23.3 Å². The molecule has 2 aromatic heterocycles. The third-order valence-electron chi connectivity index (χ3n) is 5.67. The number of hydrogen-bond donors (Lipinski definition) is 5. The highest BCUT2D eigenvalue weighted by Crippen LogP contribution is 2.29. The minimum Gasteiger partial charge on any atom is -0.416 e. The number of rotatable bonds is 7. The highest BCUT2D eigenvalue weighted by atomic mass is 16.4. The molecule has 5 N–H and O–H groups in total. The van der Waals surface area contributed by atoms with E-state index in [0.29, 0.717) is 24.1 Å². The van der Waals surface area contributed by atoms with Crippen LogP contribution in [0.3, 0.4) is 0 Å². The van der Waals surface area contributed by atoms with Gasteiger partial charge >= 0.3 is 11.8 Å². The van der Waals surface area contributed by atoms with Crippen molar-refractivity contribution in [1.29, 1.82) is 5.41 Å². The summed E-state index contributed by atoms with van der Waals surface area (Å²) in [6.07, 6.45) is 5.25. The van der Waals surface area contributed by atoms with Gasteiger partial charge in [-0.25, -0.2) is 9.97 Å². The normalized spacial score (nSPS) is 16.0. The van der Waals surface area contributed by atoms with Gasteiger partial charge in [0.2, 0.25) is 11.8 Å². The number of carbonyl (C=O) groups is 1. The Labute approximate surface area is 209 Å². The molecule has 3 heterocycles. The first-order valence-electron chi connectivity index (χ1n) is 11.7. The molecule has 0 radical (unpaired) electrons. The molecular formula is C25H31N9O2. The van der Waals surface area contributed by atoms with Crippen molar-refractivity contribution in [3.05, 3.63) is 65.3 Å². The van der Waals surface area contributed by atoms with Crippen LogP contribution >= 0.6 is 0 Å². The molecule has 11 nitrogen and oxygen atoms in total. The summed E-state index contributed by atoms with van der Waals surface area (Å²) in [6.45, 7) is 7.28. The molecule has 0 aliphatic carbocycles. The first kappa shape index (κ1) is 25.0. The Bertz CT molecular complexity index is 1280. The predicted molar refractivity (Wildman–Crippen MR) is 137 cm³/mol. The molecule has 1 amide bonds. The summed E-state index contributed by atoms with van der Waals surface area (Å²) in [6, 6.07) is 7.72. The molecule has 1 unspecified atom stereocenters. The second-order valence-corrected chi connectivity index (χ2v) is 9.49. The van der Waals surface area contributed by atoms with Gasteiger partial charge in [-0.05, 0) is 36.2 Å². The minimum atomic E-state index is -0.386. The van der Waals surface area contributed by atoms with Gasteiger partial charge in [0.1, 0.15) is 0 Å². The maximum absolute atomic E-state index is 12.9. The minimum absolute atomic E-state index is 0.0343. The van der Waals surface area contributed by atoms with Gasteiger partial charge in [-0.2, -0.15) is 0 Å². The van der Waals surface area contributed by atoms with E-state index >= 15 is 0 Å². The summed E-state index contributed by atoms with van der Waals surface area (Å²) in [5.41, 5.74) is 3.97. The summed E-state index contributed by atoms with van der Waals surface area (Å²) in [4.78, 5) is 21.7. The quantitative estimate of drug-likeness (QED) is 0.315. The van der Waals surface area contributed by atoms with Crippen molar-refractivity contribution < 1.29 is 9.21 Å². The Morgan fingerprint density at radius 1 is 1.25 bits per heavy atom. The summed E-state index contributed by atoms with van der Waals surface area (Å²) in [5, 5.41) is 27.9. The lowest BCUT2D eigenvalue weighted by atomic mass is 9.96. The third kappa shape index (κ3) is 5.74. The van der Waals surface area contributed by atoms with Gasteiger partial charge in [0, 0.05) is 43.2 Å². The molecular weight excluding hydrogens is 458 g/mol. The SMILES string of the molecule is CN/C=C(\C=N)Nc1nccc(-c2ccc3c(c2)CNCCC3NC(=O)c2nnc(C(C)(C)C)o2)n1. The van der Waals surface area contributed by atoms with Crippen LogP contribution in [0.4, 0.5) is 5.95 Å². The van der Waals surface area contributed by atoms with Crippen molar-refractivity contribution in [1.82, 2.24) is 36.1 Å². The van der Waals surface area contributed by atoms with Gasteiger partial charge in [-0.1, -0.05) is 32.9 Å². The van der Waals surface area contributed by atoms with E-state index in [1.165, 1.54) is 6.21 Å². The third-order valence-corrected chi connectivity index (χ3v) is 5.67. The molecule has 0 spiro atoms. The summed E-state index contributed by atoms with van der Waals surface area (Å²) >= 11 is 0. The van der Waals surface area contributed by atoms with Crippen LogP contribution in [-0.2, 0) is 12.0 Å². The fourth-order valence-electron chi connectivity index (χ4n) is 3.85. The van der Waals surface area contributed by atoms with Gasteiger partial charge in [-0.15, -0.1) is 10.2 Å². The van der Waals surface area contributed by atoms with Gasteiger partial charge in [0.25, 0.3) is 0 Å². The van der Waals surface area contributed by atoms with Gasteiger partial charge in [-0.3, -0.25) is 4.79 Å². The zero-order valence-corrected chi connectivity index (χ0v) is 20.8. The van der Waals surface area contributed by atoms with Crippen LogP contribution in [-0.4, -0.2) is 45.9 Å². The Morgan fingerprint density at radius 3 is 2.81 bits per heavy atom. The molecule has 1 aliphatic heterocycles. The Morgan fingerprint density at radius 2 is 2.08 bits per heavy atom. The molecule has 0 saturated heterocycles. The predicted octanol–water partition coefficient (Wildman–Crippen LogP) is 2.91. The average Bonchev–Trinajstić information content (AvgIpc) is 3.29. The molecule has 1 atom stereocenters. The van der Waals surface area contributed by atoms with Crippen molar-refractivity contribution in [2.75, 3.05) is 18.9 Å². The van der Waals surface area contributed by atoms with Gasteiger partial charge < -0.3 is 31.1 Å². The fourth-order valence-corrected chi connectivity index (χ4v) is 3.85. The molecule has 1 aromatic carbocycles. The molecule has 0 bridgehead atoms. The zero-order valence-electron chi connectivity index (χ0n) is 20.8. The molecule has 0 saturated carbocycles. The summed E-state index contributed by atoms with van der Waals surface area (Å²) in [5.74, 6) is 0.397. The number of benzene rings is 1. The van der Waals surface area contributed by atoms with Crippen LogP contribution in [0, 0.1) is 5.41 Å². The first-order chi connectivity index (χ1) is 17.3. The van der Waals surface area contributed by atoms with Crippen LogP contribution < -0.4 is 21.3 Å². The van der Waals surface area contributed by atoms with Crippen molar-refractivity contribution in [3.8, 4) is 11.3 Å². The summed E-state index contributed by atoms with van der Waals surface area (Å²) in [7, 11) is 1.76. The Balaban J connectivity index is 1.56. The molecule has 4 rings (SSSR count). The van der Waals surface area contributed by atoms with Crippen LogP contribution in [0.2, 0.25) is 0 Å². The summed E-state index contributed by atoms with van der Waals surface area (Å²) < 4.78 is 5.62. The Hall–Kier alpha value is -4.12. The number of aromatic nitrogens is 4. The van der Waals surface area contributed by atoms with Gasteiger partial charge in [0.15, 0.2) is 0 Å². The second kappa shape index (κ2) is 10.6. The van der Waals surface area contributed by atoms with E-state index in [1.54, 1.807) is 19.4 Å². The van der Waals surface area contributed by atoms with Crippen LogP contribution in [0.25, 0.3) is 11.3 Å². The largest absolute Gasteiger partial charge is 0.416 e. The van der Waals surface area contributed by atoms with E-state index < -0.39 is 0 Å². The molecule has 1 aliphatic rings. The number of anilines is 1. The molecule has 11 heteroatoms. The highest BCUT2D eigenvalue weighted by molar-refractivity contribution is 5.89. The monoisotopic (exact) mass is 489 g/mol. The van der Waals surface area contributed by atoms with E-state index in [1.807, 2.05) is 39.0 Å². The van der Waals surface area contributed by atoms with E-state index in [0.717, 1.165) is 35.3 Å². The average molecular weight is 490 g/mol. The number of nitrogens with zero attached hydrogens (tertiary/aromatic N) is 4. The van der Waals surface area contributed by atoms with Crippen LogP contribution in [0.1, 0.15) is 60.9 Å². The zero-order chi connectivity index (χ0) is 25.7. The van der Waals surface area contributed by atoms with Crippen molar-refractivity contribution in [3.63, 3.8) is 0 Å². The maximum atomic E-state index is 12.9. The maximum Gasteiger partial charge on any atom is 0.309 e. The topological polar surface area (TPSA) is 154 Å².